The van der Waals surface area contributed by atoms with Gasteiger partial charge in [-0.1, -0.05) is 27.7 Å². The molecule has 0 saturated carbocycles. The molecule has 0 bridgehead atoms. The molecule has 2 heterocycles. The lowest BCUT2D eigenvalue weighted by molar-refractivity contribution is 0.329. The molecule has 172 valence electrons. The molecular weight excluding hydrogens is 419 g/mol. The van der Waals surface area contributed by atoms with E-state index in [9.17, 15) is 12.8 Å². The predicted molar refractivity (Wildman–Crippen MR) is 120 cm³/mol. The maximum Gasteiger partial charge on any atom is 0.278 e. The second-order valence-electron chi connectivity index (χ2n) is 9.14. The third-order valence-electron chi connectivity index (χ3n) is 5.57. The Bertz CT molecular complexity index is 990. The van der Waals surface area contributed by atoms with Crippen LogP contribution in [0.25, 0.3) is 0 Å². The smallest absolute Gasteiger partial charge is 0.278 e. The van der Waals surface area contributed by atoms with Crippen molar-refractivity contribution in [3.05, 3.63) is 29.1 Å². The van der Waals surface area contributed by atoms with Gasteiger partial charge in [-0.15, -0.1) is 5.10 Å². The maximum atomic E-state index is 14.2. The molecule has 2 aromatic rings. The zero-order valence-electron chi connectivity index (χ0n) is 19.1. The summed E-state index contributed by atoms with van der Waals surface area (Å²) in [6, 6.07) is 3.00. The molecule has 3 rings (SSSR count). The number of benzene rings is 1. The lowest BCUT2D eigenvalue weighted by Crippen LogP contribution is -2.31. The van der Waals surface area contributed by atoms with Crippen molar-refractivity contribution >= 4 is 21.7 Å². The Labute approximate surface area is 184 Å². The van der Waals surface area contributed by atoms with Gasteiger partial charge < -0.3 is 10.2 Å². The van der Waals surface area contributed by atoms with E-state index in [1.54, 1.807) is 0 Å². The van der Waals surface area contributed by atoms with E-state index < -0.39 is 10.0 Å². The number of nitrogens with one attached hydrogen (secondary N) is 2. The van der Waals surface area contributed by atoms with E-state index >= 15 is 0 Å². The molecule has 2 N–H and O–H groups in total. The Morgan fingerprint density at radius 3 is 2.39 bits per heavy atom. The third kappa shape index (κ3) is 5.24. The van der Waals surface area contributed by atoms with Crippen LogP contribution in [0.15, 0.2) is 17.3 Å². The molecule has 0 amide bonds. The molecule has 1 saturated heterocycles. The SMILES string of the molecule is CC(C)c1cc(F)cc(C(C)C)c1Nc1n[nH]c(S(=O)(=O)N2CCC(CN(C)C)C2)n1. The summed E-state index contributed by atoms with van der Waals surface area (Å²) in [5.41, 5.74) is 2.31. The van der Waals surface area contributed by atoms with Gasteiger partial charge in [0.25, 0.3) is 15.2 Å². The van der Waals surface area contributed by atoms with Crippen LogP contribution in [0.4, 0.5) is 16.0 Å². The van der Waals surface area contributed by atoms with Crippen LogP contribution in [0.3, 0.4) is 0 Å². The van der Waals surface area contributed by atoms with E-state index in [-0.39, 0.29) is 28.8 Å². The Balaban J connectivity index is 1.85. The lowest BCUT2D eigenvalue weighted by atomic mass is 9.92. The highest BCUT2D eigenvalue weighted by Crippen LogP contribution is 2.35. The van der Waals surface area contributed by atoms with Gasteiger partial charge in [0.1, 0.15) is 5.82 Å². The molecule has 0 spiro atoms. The van der Waals surface area contributed by atoms with Crippen molar-refractivity contribution in [1.82, 2.24) is 24.4 Å². The highest BCUT2D eigenvalue weighted by Gasteiger charge is 2.35. The van der Waals surface area contributed by atoms with Crippen LogP contribution in [0.1, 0.15) is 57.1 Å². The second-order valence-corrected chi connectivity index (χ2v) is 11.0. The minimum Gasteiger partial charge on any atom is -0.322 e. The van der Waals surface area contributed by atoms with Crippen molar-refractivity contribution in [2.24, 2.45) is 5.92 Å². The van der Waals surface area contributed by atoms with Gasteiger partial charge >= 0.3 is 0 Å². The Morgan fingerprint density at radius 1 is 1.23 bits per heavy atom. The van der Waals surface area contributed by atoms with E-state index in [4.69, 9.17) is 0 Å². The number of halogens is 1. The van der Waals surface area contributed by atoms with Crippen LogP contribution in [0, 0.1) is 11.7 Å². The van der Waals surface area contributed by atoms with Crippen LogP contribution in [0.2, 0.25) is 0 Å². The van der Waals surface area contributed by atoms with Crippen LogP contribution in [-0.4, -0.2) is 66.5 Å². The molecule has 1 atom stereocenters. The average molecular weight is 453 g/mol. The van der Waals surface area contributed by atoms with Gasteiger partial charge in [-0.05, 0) is 61.5 Å². The Morgan fingerprint density at radius 2 is 1.84 bits per heavy atom. The zero-order valence-corrected chi connectivity index (χ0v) is 19.9. The van der Waals surface area contributed by atoms with Gasteiger partial charge in [0.05, 0.1) is 0 Å². The van der Waals surface area contributed by atoms with Crippen LogP contribution in [-0.2, 0) is 10.0 Å². The molecule has 1 aliphatic heterocycles. The van der Waals surface area contributed by atoms with E-state index in [1.807, 2.05) is 41.8 Å². The van der Waals surface area contributed by atoms with Gasteiger partial charge in [0.15, 0.2) is 0 Å². The average Bonchev–Trinajstić information content (AvgIpc) is 3.32. The van der Waals surface area contributed by atoms with Gasteiger partial charge in [-0.25, -0.2) is 17.9 Å². The fraction of sp³-hybridized carbons (Fsp3) is 0.619. The maximum absolute atomic E-state index is 14.2. The fourth-order valence-electron chi connectivity index (χ4n) is 4.04. The monoisotopic (exact) mass is 452 g/mol. The minimum absolute atomic E-state index is 0.0658. The zero-order chi connectivity index (χ0) is 22.9. The number of H-pyrrole nitrogens is 1. The number of sulfonamides is 1. The van der Waals surface area contributed by atoms with Crippen molar-refractivity contribution in [3.8, 4) is 0 Å². The number of hydrogen-bond acceptors (Lipinski definition) is 6. The highest BCUT2D eigenvalue weighted by atomic mass is 32.2. The summed E-state index contributed by atoms with van der Waals surface area (Å²) in [6.45, 7) is 9.71. The van der Waals surface area contributed by atoms with E-state index in [0.29, 0.717) is 19.0 Å². The van der Waals surface area contributed by atoms with Crippen molar-refractivity contribution < 1.29 is 12.8 Å². The van der Waals surface area contributed by atoms with Gasteiger partial charge in [0, 0.05) is 25.3 Å². The topological polar surface area (TPSA) is 94.2 Å². The number of rotatable bonds is 8. The fourth-order valence-corrected chi connectivity index (χ4v) is 5.40. The van der Waals surface area contributed by atoms with Crippen LogP contribution >= 0.6 is 0 Å². The quantitative estimate of drug-likeness (QED) is 0.637. The van der Waals surface area contributed by atoms with Crippen LogP contribution in [0.5, 0.6) is 0 Å². The summed E-state index contributed by atoms with van der Waals surface area (Å²) >= 11 is 0. The first-order valence-electron chi connectivity index (χ1n) is 10.7. The molecule has 0 radical (unpaired) electrons. The first kappa shape index (κ1) is 23.6. The van der Waals surface area contributed by atoms with Crippen molar-refractivity contribution in [2.45, 2.75) is 51.1 Å². The highest BCUT2D eigenvalue weighted by molar-refractivity contribution is 7.89. The normalized spacial score (nSPS) is 17.9. The predicted octanol–water partition coefficient (Wildman–Crippen LogP) is 3.51. The first-order chi connectivity index (χ1) is 14.5. The van der Waals surface area contributed by atoms with E-state index in [0.717, 1.165) is 29.8 Å². The first-order valence-corrected chi connectivity index (χ1v) is 12.1. The Kier molecular flexibility index (Phi) is 7.02. The van der Waals surface area contributed by atoms with Gasteiger partial charge in [0.2, 0.25) is 5.95 Å². The third-order valence-corrected chi connectivity index (χ3v) is 7.25. The lowest BCUT2D eigenvalue weighted by Gasteiger charge is -2.20. The summed E-state index contributed by atoms with van der Waals surface area (Å²) in [5, 5.41) is 9.61. The van der Waals surface area contributed by atoms with E-state index in [2.05, 4.69) is 25.4 Å². The van der Waals surface area contributed by atoms with Gasteiger partial charge in [-0.3, -0.25) is 0 Å². The molecular formula is C21H33FN6O2S. The van der Waals surface area contributed by atoms with Crippen molar-refractivity contribution in [3.63, 3.8) is 0 Å². The second kappa shape index (κ2) is 9.22. The molecule has 8 nitrogen and oxygen atoms in total. The summed E-state index contributed by atoms with van der Waals surface area (Å²) in [7, 11) is 0.215. The molecule has 1 aromatic carbocycles. The summed E-state index contributed by atoms with van der Waals surface area (Å²) in [4.78, 5) is 6.29. The number of aromatic nitrogens is 3. The van der Waals surface area contributed by atoms with Crippen molar-refractivity contribution in [2.75, 3.05) is 39.0 Å². The summed E-state index contributed by atoms with van der Waals surface area (Å²) < 4.78 is 41.7. The molecule has 0 aliphatic carbocycles. The molecule has 1 fully saturated rings. The number of anilines is 2. The standard InChI is InChI=1S/C21H33FN6O2S/c1-13(2)17-9-16(22)10-18(14(3)4)19(17)23-20-24-21(26-25-20)31(29,30)28-8-7-15(12-28)11-27(5)6/h9-10,13-15H,7-8,11-12H2,1-6H3,(H2,23,24,25,26). The summed E-state index contributed by atoms with van der Waals surface area (Å²) in [6.07, 6.45) is 0.821. The number of nitrogens with zero attached hydrogens (tertiary/aromatic N) is 4. The molecule has 31 heavy (non-hydrogen) atoms. The Hall–Kier alpha value is -2.04. The molecule has 1 aliphatic rings. The van der Waals surface area contributed by atoms with Crippen molar-refractivity contribution in [1.29, 1.82) is 0 Å². The minimum atomic E-state index is -3.75. The molecule has 10 heteroatoms. The summed E-state index contributed by atoms with van der Waals surface area (Å²) in [5.74, 6) is 0.286. The van der Waals surface area contributed by atoms with E-state index in [1.165, 1.54) is 16.4 Å². The molecule has 1 unspecified atom stereocenters. The number of aromatic amines is 1. The molecule has 1 aromatic heterocycles. The largest absolute Gasteiger partial charge is 0.322 e. The van der Waals surface area contributed by atoms with Gasteiger partial charge in [-0.2, -0.15) is 9.29 Å². The number of hydrogen-bond donors (Lipinski definition) is 2. The van der Waals surface area contributed by atoms with Crippen LogP contribution < -0.4 is 5.32 Å².